The Morgan fingerprint density at radius 2 is 2.05 bits per heavy atom. The molecule has 1 heterocycles. The Bertz CT molecular complexity index is 716. The third-order valence-electron chi connectivity index (χ3n) is 2.75. The Kier molecular flexibility index (Phi) is 4.17. The molecule has 0 saturated carbocycles. The average Bonchev–Trinajstić information content (AvgIpc) is 2.87. The molecule has 1 N–H and O–H groups in total. The van der Waals surface area contributed by atoms with Gasteiger partial charge in [-0.2, -0.15) is 9.57 Å². The van der Waals surface area contributed by atoms with E-state index in [1.54, 1.807) is 6.92 Å². The Morgan fingerprint density at radius 1 is 1.35 bits per heavy atom. The summed E-state index contributed by atoms with van der Waals surface area (Å²) in [4.78, 5) is 6.58. The van der Waals surface area contributed by atoms with Crippen LogP contribution in [0.2, 0.25) is 0 Å². The van der Waals surface area contributed by atoms with Gasteiger partial charge >= 0.3 is 0 Å². The molecule has 2 rings (SSSR count). The van der Waals surface area contributed by atoms with E-state index in [-0.39, 0.29) is 18.1 Å². The van der Waals surface area contributed by atoms with Crippen molar-refractivity contribution in [2.45, 2.75) is 18.5 Å². The summed E-state index contributed by atoms with van der Waals surface area (Å²) in [5.41, 5.74) is 0.822. The van der Waals surface area contributed by atoms with Gasteiger partial charge in [0.15, 0.2) is 5.03 Å². The van der Waals surface area contributed by atoms with Crippen LogP contribution in [0.5, 0.6) is 0 Å². The van der Waals surface area contributed by atoms with Crippen LogP contribution in [0, 0.1) is 18.3 Å². The normalized spacial score (nSPS) is 11.4. The summed E-state index contributed by atoms with van der Waals surface area (Å²) in [7, 11) is -3.75. The minimum absolute atomic E-state index is 0.00109. The van der Waals surface area contributed by atoms with E-state index in [0.29, 0.717) is 5.82 Å². The molecule has 0 aliphatic carbocycles. The number of benzene rings is 1. The third-order valence-corrected chi connectivity index (χ3v) is 4.45. The van der Waals surface area contributed by atoms with Crippen LogP contribution >= 0.6 is 0 Å². The highest BCUT2D eigenvalue weighted by Crippen LogP contribution is 2.16. The molecule has 0 unspecified atom stereocenters. The molecule has 20 heavy (non-hydrogen) atoms. The summed E-state index contributed by atoms with van der Waals surface area (Å²) in [5.74, 6) is 0.514. The average molecular weight is 290 g/mol. The second-order valence-electron chi connectivity index (χ2n) is 4.25. The van der Waals surface area contributed by atoms with Crippen molar-refractivity contribution in [2.75, 3.05) is 6.54 Å². The van der Waals surface area contributed by atoms with Crippen molar-refractivity contribution in [1.82, 2.24) is 14.3 Å². The predicted octanol–water partition coefficient (Wildman–Crippen LogP) is 1.43. The SMILES string of the molecule is Cc1ncc(S(=O)(=O)N(CC#N)Cc2ccccc2)[nH]1. The van der Waals surface area contributed by atoms with Gasteiger partial charge in [-0.15, -0.1) is 0 Å². The zero-order valence-corrected chi connectivity index (χ0v) is 11.8. The standard InChI is InChI=1S/C13H14N4O2S/c1-11-15-9-13(16-11)20(18,19)17(8-7-14)10-12-5-3-2-4-6-12/h2-6,9H,8,10H2,1H3,(H,15,16). The van der Waals surface area contributed by atoms with Crippen LogP contribution < -0.4 is 0 Å². The highest BCUT2D eigenvalue weighted by atomic mass is 32.2. The van der Waals surface area contributed by atoms with E-state index in [9.17, 15) is 8.42 Å². The maximum Gasteiger partial charge on any atom is 0.261 e. The van der Waals surface area contributed by atoms with E-state index in [2.05, 4.69) is 9.97 Å². The summed E-state index contributed by atoms with van der Waals surface area (Å²) in [6, 6.07) is 11.0. The fourth-order valence-corrected chi connectivity index (χ4v) is 3.05. The minimum Gasteiger partial charge on any atom is -0.332 e. The fraction of sp³-hybridized carbons (Fsp3) is 0.231. The molecule has 0 fully saturated rings. The van der Waals surface area contributed by atoms with Crippen LogP contribution in [0.3, 0.4) is 0 Å². The van der Waals surface area contributed by atoms with E-state index in [1.807, 2.05) is 36.4 Å². The molecule has 0 bridgehead atoms. The number of nitrogens with one attached hydrogen (secondary N) is 1. The number of hydrogen-bond acceptors (Lipinski definition) is 4. The molecular weight excluding hydrogens is 276 g/mol. The number of aromatic amines is 1. The van der Waals surface area contributed by atoms with Gasteiger partial charge in [0.2, 0.25) is 0 Å². The van der Waals surface area contributed by atoms with Crippen molar-refractivity contribution in [2.24, 2.45) is 0 Å². The summed E-state index contributed by atoms with van der Waals surface area (Å²) in [6.45, 7) is 1.61. The second kappa shape index (κ2) is 5.86. The molecule has 0 aliphatic heterocycles. The van der Waals surface area contributed by atoms with Gasteiger partial charge in [-0.1, -0.05) is 30.3 Å². The largest absolute Gasteiger partial charge is 0.332 e. The molecule has 1 aromatic heterocycles. The van der Waals surface area contributed by atoms with Crippen molar-refractivity contribution < 1.29 is 8.42 Å². The Morgan fingerprint density at radius 3 is 2.60 bits per heavy atom. The van der Waals surface area contributed by atoms with Gasteiger partial charge in [-0.05, 0) is 12.5 Å². The van der Waals surface area contributed by atoms with E-state index in [1.165, 1.54) is 6.20 Å². The first-order chi connectivity index (χ1) is 9.54. The number of rotatable bonds is 5. The van der Waals surface area contributed by atoms with Crippen molar-refractivity contribution in [3.05, 3.63) is 47.9 Å². The van der Waals surface area contributed by atoms with Gasteiger partial charge < -0.3 is 4.98 Å². The fourth-order valence-electron chi connectivity index (χ4n) is 1.76. The molecule has 0 spiro atoms. The third kappa shape index (κ3) is 3.04. The lowest BCUT2D eigenvalue weighted by Crippen LogP contribution is -2.31. The Labute approximate surface area is 117 Å². The van der Waals surface area contributed by atoms with Gasteiger partial charge in [-0.3, -0.25) is 0 Å². The number of nitriles is 1. The van der Waals surface area contributed by atoms with Crippen molar-refractivity contribution in [3.8, 4) is 6.07 Å². The molecule has 0 amide bonds. The van der Waals surface area contributed by atoms with Crippen LogP contribution in [0.1, 0.15) is 11.4 Å². The Balaban J connectivity index is 2.31. The molecule has 0 saturated heterocycles. The number of imidazole rings is 1. The van der Waals surface area contributed by atoms with Gasteiger partial charge in [0, 0.05) is 6.54 Å². The lowest BCUT2D eigenvalue weighted by Gasteiger charge is -2.18. The molecule has 104 valence electrons. The van der Waals surface area contributed by atoms with Crippen molar-refractivity contribution in [3.63, 3.8) is 0 Å². The van der Waals surface area contributed by atoms with Crippen molar-refractivity contribution in [1.29, 1.82) is 5.26 Å². The van der Waals surface area contributed by atoms with E-state index >= 15 is 0 Å². The number of nitrogens with zero attached hydrogens (tertiary/aromatic N) is 3. The summed E-state index contributed by atoms with van der Waals surface area (Å²) < 4.78 is 26.0. The lowest BCUT2D eigenvalue weighted by atomic mass is 10.2. The zero-order chi connectivity index (χ0) is 14.6. The van der Waals surface area contributed by atoms with Crippen LogP contribution in [-0.2, 0) is 16.6 Å². The van der Waals surface area contributed by atoms with Gasteiger partial charge in [-0.25, -0.2) is 13.4 Å². The molecule has 0 aliphatic rings. The number of sulfonamides is 1. The molecular formula is C13H14N4O2S. The molecule has 6 nitrogen and oxygen atoms in total. The van der Waals surface area contributed by atoms with Crippen LogP contribution in [0.4, 0.5) is 0 Å². The predicted molar refractivity (Wildman–Crippen MR) is 73.0 cm³/mol. The Hall–Kier alpha value is -2.17. The smallest absolute Gasteiger partial charge is 0.261 e. The maximum atomic E-state index is 12.4. The summed E-state index contributed by atoms with van der Waals surface area (Å²) in [5, 5.41) is 8.85. The monoisotopic (exact) mass is 290 g/mol. The number of aryl methyl sites for hydroxylation is 1. The first-order valence-electron chi connectivity index (χ1n) is 5.96. The van der Waals surface area contributed by atoms with E-state index < -0.39 is 10.0 Å². The molecule has 0 atom stereocenters. The minimum atomic E-state index is -3.75. The molecule has 2 aromatic rings. The van der Waals surface area contributed by atoms with E-state index in [0.717, 1.165) is 9.87 Å². The van der Waals surface area contributed by atoms with Crippen molar-refractivity contribution >= 4 is 10.0 Å². The van der Waals surface area contributed by atoms with Crippen LogP contribution in [-0.4, -0.2) is 29.2 Å². The first-order valence-corrected chi connectivity index (χ1v) is 7.40. The second-order valence-corrected chi connectivity index (χ2v) is 6.16. The number of hydrogen-bond donors (Lipinski definition) is 1. The molecule has 0 radical (unpaired) electrons. The zero-order valence-electron chi connectivity index (χ0n) is 10.9. The first kappa shape index (κ1) is 14.2. The summed E-state index contributed by atoms with van der Waals surface area (Å²) >= 11 is 0. The maximum absolute atomic E-state index is 12.4. The summed E-state index contributed by atoms with van der Waals surface area (Å²) in [6.07, 6.45) is 1.26. The van der Waals surface area contributed by atoms with Crippen LogP contribution in [0.15, 0.2) is 41.6 Å². The van der Waals surface area contributed by atoms with Gasteiger partial charge in [0.25, 0.3) is 10.0 Å². The quantitative estimate of drug-likeness (QED) is 0.843. The van der Waals surface area contributed by atoms with E-state index in [4.69, 9.17) is 5.26 Å². The number of H-pyrrole nitrogens is 1. The van der Waals surface area contributed by atoms with Gasteiger partial charge in [0.1, 0.15) is 12.4 Å². The lowest BCUT2D eigenvalue weighted by molar-refractivity contribution is 0.439. The van der Waals surface area contributed by atoms with Gasteiger partial charge in [0.05, 0.1) is 12.3 Å². The topological polar surface area (TPSA) is 89.8 Å². The number of aromatic nitrogens is 2. The molecule has 1 aromatic carbocycles. The highest BCUT2D eigenvalue weighted by molar-refractivity contribution is 7.89. The van der Waals surface area contributed by atoms with Crippen LogP contribution in [0.25, 0.3) is 0 Å². The highest BCUT2D eigenvalue weighted by Gasteiger charge is 2.26. The molecule has 7 heteroatoms.